The van der Waals surface area contributed by atoms with Crippen LogP contribution >= 0.6 is 11.3 Å². The summed E-state index contributed by atoms with van der Waals surface area (Å²) in [5.41, 5.74) is 2.81. The number of hydrogen-bond acceptors (Lipinski definition) is 6. The Balaban J connectivity index is 1.41. The van der Waals surface area contributed by atoms with Gasteiger partial charge in [0.05, 0.1) is 12.1 Å². The van der Waals surface area contributed by atoms with Gasteiger partial charge in [-0.05, 0) is 79.3 Å². The molecule has 0 aliphatic heterocycles. The molecule has 1 aliphatic carbocycles. The lowest BCUT2D eigenvalue weighted by molar-refractivity contribution is 0.0793. The molecule has 1 heterocycles. The van der Waals surface area contributed by atoms with E-state index in [0.717, 1.165) is 42.9 Å². The van der Waals surface area contributed by atoms with Crippen molar-refractivity contribution in [1.82, 2.24) is 20.5 Å². The van der Waals surface area contributed by atoms with E-state index in [1.165, 1.54) is 29.5 Å². The number of halogens is 2. The van der Waals surface area contributed by atoms with E-state index in [-0.39, 0.29) is 35.5 Å². The van der Waals surface area contributed by atoms with Gasteiger partial charge in [0.2, 0.25) is 0 Å². The molecule has 2 atom stereocenters. The zero-order chi connectivity index (χ0) is 33.6. The van der Waals surface area contributed by atoms with Gasteiger partial charge in [0.1, 0.15) is 16.6 Å². The average molecular weight is 657 g/mol. The van der Waals surface area contributed by atoms with Gasteiger partial charge in [-0.15, -0.1) is 17.8 Å². The Morgan fingerprint density at radius 1 is 1.11 bits per heavy atom. The lowest BCUT2D eigenvalue weighted by Gasteiger charge is -2.27. The van der Waals surface area contributed by atoms with Crippen LogP contribution in [0, 0.1) is 24.0 Å². The number of carbonyl (C=O) groups is 2. The van der Waals surface area contributed by atoms with Crippen molar-refractivity contribution < 1.29 is 23.5 Å². The number of benzene rings is 3. The Morgan fingerprint density at radius 2 is 1.85 bits per heavy atom. The second-order valence-electron chi connectivity index (χ2n) is 12.0. The van der Waals surface area contributed by atoms with Gasteiger partial charge in [0, 0.05) is 65.6 Å². The van der Waals surface area contributed by atoms with Crippen LogP contribution in [0.5, 0.6) is 0 Å². The largest absolute Gasteiger partial charge is 0.390 e. The maximum atomic E-state index is 14.2. The molecule has 1 saturated carbocycles. The van der Waals surface area contributed by atoms with Gasteiger partial charge >= 0.3 is 0 Å². The van der Waals surface area contributed by atoms with Gasteiger partial charge in [0.25, 0.3) is 11.8 Å². The van der Waals surface area contributed by atoms with Crippen molar-refractivity contribution in [1.29, 1.82) is 0 Å². The summed E-state index contributed by atoms with van der Waals surface area (Å²) in [5.74, 6) is 0.364. The quantitative estimate of drug-likeness (QED) is 0.147. The summed E-state index contributed by atoms with van der Waals surface area (Å²) in [5, 5.41) is 20.3. The fourth-order valence-electron chi connectivity index (χ4n) is 5.65. The van der Waals surface area contributed by atoms with Crippen molar-refractivity contribution in [2.45, 2.75) is 56.7 Å². The van der Waals surface area contributed by atoms with Crippen molar-refractivity contribution >= 4 is 23.2 Å². The first-order valence-electron chi connectivity index (χ1n) is 15.7. The van der Waals surface area contributed by atoms with Crippen molar-refractivity contribution in [3.8, 4) is 22.9 Å². The minimum atomic E-state index is -1.14. The van der Waals surface area contributed by atoms with Crippen LogP contribution in [0.4, 0.5) is 8.78 Å². The molecule has 47 heavy (non-hydrogen) atoms. The standard InChI is InChI=1S/C37H38F2N4O3S/c1-4-6-13-43(3)36(46)28-20-26(19-27(21-28)35-40-12-14-47-35)34(45)42-32(18-25-16-30(38)22-31(39)17-25)33(44)23-41-37(10-11-37)29-9-7-8-24(5-2)15-29/h2,7-9,12,14-17,19-22,32-33,41,44H,4,6,10-11,13,18,23H2,1,3H3,(H,42,45)/t32-,33+/m0/s1. The number of aromatic nitrogens is 1. The summed E-state index contributed by atoms with van der Waals surface area (Å²) < 4.78 is 28.3. The number of aliphatic hydroxyl groups is 1. The zero-order valence-corrected chi connectivity index (χ0v) is 27.2. The maximum absolute atomic E-state index is 14.2. The molecule has 0 radical (unpaired) electrons. The third-order valence-corrected chi connectivity index (χ3v) is 9.28. The second-order valence-corrected chi connectivity index (χ2v) is 12.9. The van der Waals surface area contributed by atoms with Gasteiger partial charge in [-0.2, -0.15) is 0 Å². The first-order chi connectivity index (χ1) is 22.6. The molecule has 7 nitrogen and oxygen atoms in total. The maximum Gasteiger partial charge on any atom is 0.253 e. The molecule has 5 rings (SSSR count). The molecule has 0 spiro atoms. The highest BCUT2D eigenvalue weighted by atomic mass is 32.1. The van der Waals surface area contributed by atoms with Gasteiger partial charge in [0.15, 0.2) is 0 Å². The van der Waals surface area contributed by atoms with E-state index in [9.17, 15) is 23.5 Å². The van der Waals surface area contributed by atoms with Crippen LogP contribution in [0.2, 0.25) is 0 Å². The summed E-state index contributed by atoms with van der Waals surface area (Å²) in [7, 11) is 1.72. The van der Waals surface area contributed by atoms with Crippen LogP contribution in [0.25, 0.3) is 10.6 Å². The Kier molecular flexibility index (Phi) is 10.8. The average Bonchev–Trinajstić information content (AvgIpc) is 3.66. The molecular formula is C37H38F2N4O3S. The molecule has 0 unspecified atom stereocenters. The van der Waals surface area contributed by atoms with Crippen LogP contribution in [0.15, 0.2) is 72.2 Å². The van der Waals surface area contributed by atoms with Crippen LogP contribution in [-0.2, 0) is 12.0 Å². The summed E-state index contributed by atoms with van der Waals surface area (Å²) in [4.78, 5) is 33.2. The fourth-order valence-corrected chi connectivity index (χ4v) is 6.27. The summed E-state index contributed by atoms with van der Waals surface area (Å²) in [6, 6.07) is 14.8. The van der Waals surface area contributed by atoms with E-state index in [1.54, 1.807) is 30.3 Å². The van der Waals surface area contributed by atoms with E-state index in [1.807, 2.05) is 36.6 Å². The van der Waals surface area contributed by atoms with Crippen molar-refractivity contribution in [2.24, 2.45) is 0 Å². The molecular weight excluding hydrogens is 618 g/mol. The lowest BCUT2D eigenvalue weighted by atomic mass is 9.98. The van der Waals surface area contributed by atoms with Gasteiger partial charge in [-0.3, -0.25) is 9.59 Å². The fraction of sp³-hybridized carbons (Fsp3) is 0.324. The number of terminal acetylenes is 1. The molecule has 0 saturated heterocycles. The van der Waals surface area contributed by atoms with Crippen molar-refractivity contribution in [3.05, 3.63) is 112 Å². The first-order valence-corrected chi connectivity index (χ1v) is 16.6. The summed E-state index contributed by atoms with van der Waals surface area (Å²) in [6.07, 6.45) is 9.52. The second kappa shape index (κ2) is 15.0. The minimum Gasteiger partial charge on any atom is -0.390 e. The number of unbranched alkanes of at least 4 members (excludes halogenated alkanes) is 1. The Bertz CT molecular complexity index is 1750. The SMILES string of the molecule is C#Cc1cccc(C2(NC[C@@H](O)[C@H](Cc3cc(F)cc(F)c3)NC(=O)c3cc(C(=O)N(C)CCCC)cc(-c4nccs4)c3)CC2)c1. The van der Waals surface area contributed by atoms with E-state index < -0.39 is 29.7 Å². The van der Waals surface area contributed by atoms with Gasteiger partial charge in [-0.25, -0.2) is 13.8 Å². The number of carbonyl (C=O) groups excluding carboxylic acids is 2. The molecule has 0 bridgehead atoms. The topological polar surface area (TPSA) is 94.6 Å². The van der Waals surface area contributed by atoms with Crippen LogP contribution in [0.3, 0.4) is 0 Å². The highest BCUT2D eigenvalue weighted by Gasteiger charge is 2.44. The van der Waals surface area contributed by atoms with Crippen LogP contribution < -0.4 is 10.6 Å². The normalized spacial score (nSPS) is 14.6. The molecule has 244 valence electrons. The van der Waals surface area contributed by atoms with Crippen LogP contribution in [0.1, 0.15) is 70.0 Å². The Morgan fingerprint density at radius 3 is 2.51 bits per heavy atom. The third-order valence-electron chi connectivity index (χ3n) is 8.46. The number of hydrogen-bond donors (Lipinski definition) is 3. The molecule has 10 heteroatoms. The molecule has 1 aromatic heterocycles. The molecule has 2 amide bonds. The van der Waals surface area contributed by atoms with E-state index in [2.05, 4.69) is 21.5 Å². The number of rotatable bonds is 14. The molecule has 3 N–H and O–H groups in total. The lowest BCUT2D eigenvalue weighted by Crippen LogP contribution is -2.50. The molecule has 3 aromatic carbocycles. The number of nitrogens with one attached hydrogen (secondary N) is 2. The first kappa shape index (κ1) is 33.9. The molecule has 1 fully saturated rings. The van der Waals surface area contributed by atoms with Gasteiger partial charge < -0.3 is 20.6 Å². The number of aliphatic hydroxyl groups excluding tert-OH is 1. The predicted molar refractivity (Wildman–Crippen MR) is 180 cm³/mol. The van der Waals surface area contributed by atoms with Crippen LogP contribution in [-0.4, -0.2) is 59.1 Å². The number of thiazole rings is 1. The Labute approximate surface area is 278 Å². The van der Waals surface area contributed by atoms with Crippen molar-refractivity contribution in [3.63, 3.8) is 0 Å². The Hall–Kier alpha value is -4.43. The zero-order valence-electron chi connectivity index (χ0n) is 26.4. The third kappa shape index (κ3) is 8.49. The van der Waals surface area contributed by atoms with Gasteiger partial charge in [-0.1, -0.05) is 31.4 Å². The van der Waals surface area contributed by atoms with E-state index in [0.29, 0.717) is 22.7 Å². The number of amides is 2. The molecule has 4 aromatic rings. The summed E-state index contributed by atoms with van der Waals surface area (Å²) in [6.45, 7) is 2.70. The highest BCUT2D eigenvalue weighted by molar-refractivity contribution is 7.13. The minimum absolute atomic E-state index is 0.0411. The smallest absolute Gasteiger partial charge is 0.253 e. The number of nitrogens with zero attached hydrogens (tertiary/aromatic N) is 2. The highest BCUT2D eigenvalue weighted by Crippen LogP contribution is 2.45. The van der Waals surface area contributed by atoms with E-state index >= 15 is 0 Å². The molecule has 1 aliphatic rings. The van der Waals surface area contributed by atoms with E-state index in [4.69, 9.17) is 6.42 Å². The monoisotopic (exact) mass is 656 g/mol. The predicted octanol–water partition coefficient (Wildman–Crippen LogP) is 5.92. The summed E-state index contributed by atoms with van der Waals surface area (Å²) >= 11 is 1.38. The van der Waals surface area contributed by atoms with Crippen molar-refractivity contribution in [2.75, 3.05) is 20.1 Å².